The molecule has 0 aliphatic carbocycles. The molecule has 7 nitrogen and oxygen atoms in total. The first-order valence-electron chi connectivity index (χ1n) is 7.74. The van der Waals surface area contributed by atoms with Crippen molar-refractivity contribution in [1.82, 2.24) is 5.32 Å². The van der Waals surface area contributed by atoms with E-state index in [0.29, 0.717) is 22.8 Å². The zero-order valence-electron chi connectivity index (χ0n) is 13.4. The molecular weight excluding hydrogens is 326 g/mol. The Bertz CT molecular complexity index is 746. The number of hydrogen-bond donors (Lipinski definition) is 1. The van der Waals surface area contributed by atoms with Crippen molar-refractivity contribution in [3.8, 4) is 17.2 Å². The smallest absolute Gasteiger partial charge is 0.325 e. The van der Waals surface area contributed by atoms with Gasteiger partial charge in [0.15, 0.2) is 11.5 Å². The number of amides is 1. The van der Waals surface area contributed by atoms with Crippen molar-refractivity contribution in [2.45, 2.75) is 0 Å². The molecule has 2 aromatic carbocycles. The summed E-state index contributed by atoms with van der Waals surface area (Å²) >= 11 is 0. The number of carbonyl (C=O) groups excluding carboxylic acids is 2. The fourth-order valence-electron chi connectivity index (χ4n) is 2.18. The molecule has 1 aliphatic heterocycles. The van der Waals surface area contributed by atoms with E-state index in [1.807, 2.05) is 30.3 Å². The first-order valence-corrected chi connectivity index (χ1v) is 7.74. The number of para-hydroxylation sites is 1. The maximum atomic E-state index is 12.0. The molecule has 1 amide bonds. The molecule has 1 heterocycles. The topological polar surface area (TPSA) is 83.1 Å². The Hall–Kier alpha value is -3.22. The zero-order chi connectivity index (χ0) is 17.5. The predicted octanol–water partition coefficient (Wildman–Crippen LogP) is 1.77. The Morgan fingerprint density at radius 3 is 2.64 bits per heavy atom. The average molecular weight is 343 g/mol. The number of nitrogens with one attached hydrogen (secondary N) is 1. The minimum Gasteiger partial charge on any atom is -0.490 e. The van der Waals surface area contributed by atoms with Crippen LogP contribution >= 0.6 is 0 Å². The highest BCUT2D eigenvalue weighted by molar-refractivity contribution is 5.96. The van der Waals surface area contributed by atoms with E-state index < -0.39 is 11.9 Å². The number of rotatable bonds is 7. The number of benzene rings is 2. The van der Waals surface area contributed by atoms with Gasteiger partial charge in [-0.3, -0.25) is 9.59 Å². The van der Waals surface area contributed by atoms with Gasteiger partial charge in [-0.15, -0.1) is 0 Å². The number of esters is 1. The third-order valence-electron chi connectivity index (χ3n) is 3.39. The van der Waals surface area contributed by atoms with Crippen LogP contribution in [0.2, 0.25) is 0 Å². The number of fused-ring (bicyclic) bond motifs is 1. The van der Waals surface area contributed by atoms with Crippen LogP contribution < -0.4 is 19.5 Å². The van der Waals surface area contributed by atoms with E-state index in [1.165, 1.54) is 0 Å². The first-order chi connectivity index (χ1) is 12.2. The largest absolute Gasteiger partial charge is 0.490 e. The SMILES string of the molecule is O=C(CNC(=O)c1ccc2c(c1)OCO2)OCCOc1ccccc1. The normalized spacial score (nSPS) is 11.7. The molecule has 0 spiro atoms. The second kappa shape index (κ2) is 8.05. The van der Waals surface area contributed by atoms with E-state index in [0.717, 1.165) is 0 Å². The van der Waals surface area contributed by atoms with Crippen molar-refractivity contribution in [3.63, 3.8) is 0 Å². The van der Waals surface area contributed by atoms with Crippen molar-refractivity contribution in [2.24, 2.45) is 0 Å². The molecule has 0 radical (unpaired) electrons. The Labute approximate surface area is 144 Å². The summed E-state index contributed by atoms with van der Waals surface area (Å²) in [6, 6.07) is 14.0. The van der Waals surface area contributed by atoms with Gasteiger partial charge >= 0.3 is 5.97 Å². The van der Waals surface area contributed by atoms with Gasteiger partial charge in [-0.1, -0.05) is 18.2 Å². The van der Waals surface area contributed by atoms with Crippen LogP contribution in [0.25, 0.3) is 0 Å². The Morgan fingerprint density at radius 2 is 1.80 bits per heavy atom. The van der Waals surface area contributed by atoms with E-state index >= 15 is 0 Å². The van der Waals surface area contributed by atoms with Crippen molar-refractivity contribution < 1.29 is 28.5 Å². The first kappa shape index (κ1) is 16.6. The third-order valence-corrected chi connectivity index (χ3v) is 3.39. The standard InChI is InChI=1S/C18H17NO6/c20-17(23-9-8-22-14-4-2-1-3-5-14)11-19-18(21)13-6-7-15-16(10-13)25-12-24-15/h1-7,10H,8-9,11-12H2,(H,19,21). The molecule has 1 aliphatic rings. The molecule has 0 saturated carbocycles. The molecule has 130 valence electrons. The molecule has 1 N–H and O–H groups in total. The van der Waals surface area contributed by atoms with Crippen LogP contribution in [0.4, 0.5) is 0 Å². The Morgan fingerprint density at radius 1 is 1.00 bits per heavy atom. The summed E-state index contributed by atoms with van der Waals surface area (Å²) in [5.74, 6) is 0.874. The quantitative estimate of drug-likeness (QED) is 0.609. The van der Waals surface area contributed by atoms with Crippen molar-refractivity contribution in [1.29, 1.82) is 0 Å². The molecule has 25 heavy (non-hydrogen) atoms. The zero-order valence-corrected chi connectivity index (χ0v) is 13.4. The molecular formula is C18H17NO6. The van der Waals surface area contributed by atoms with Crippen LogP contribution in [0.5, 0.6) is 17.2 Å². The number of hydrogen-bond acceptors (Lipinski definition) is 6. The molecule has 3 rings (SSSR count). The van der Waals surface area contributed by atoms with Crippen molar-refractivity contribution in [3.05, 3.63) is 54.1 Å². The molecule has 0 aromatic heterocycles. The minimum atomic E-state index is -0.536. The Kier molecular flexibility index (Phi) is 5.36. The van der Waals surface area contributed by atoms with E-state index in [-0.39, 0.29) is 26.6 Å². The van der Waals surface area contributed by atoms with Gasteiger partial charge in [-0.2, -0.15) is 0 Å². The molecule has 2 aromatic rings. The average Bonchev–Trinajstić information content (AvgIpc) is 3.12. The van der Waals surface area contributed by atoms with Crippen LogP contribution in [0, 0.1) is 0 Å². The maximum Gasteiger partial charge on any atom is 0.325 e. The maximum absolute atomic E-state index is 12.0. The van der Waals surface area contributed by atoms with E-state index in [1.54, 1.807) is 18.2 Å². The third kappa shape index (κ3) is 4.63. The van der Waals surface area contributed by atoms with Crippen LogP contribution in [-0.4, -0.2) is 38.4 Å². The van der Waals surface area contributed by atoms with E-state index in [4.69, 9.17) is 18.9 Å². The van der Waals surface area contributed by atoms with Crippen LogP contribution in [-0.2, 0) is 9.53 Å². The molecule has 7 heteroatoms. The molecule has 0 saturated heterocycles. The van der Waals surface area contributed by atoms with Gasteiger partial charge in [0.1, 0.15) is 25.5 Å². The van der Waals surface area contributed by atoms with Gasteiger partial charge in [0.05, 0.1) is 0 Å². The summed E-state index contributed by atoms with van der Waals surface area (Å²) in [6.45, 7) is 0.260. The van der Waals surface area contributed by atoms with Gasteiger partial charge in [0.25, 0.3) is 5.91 Å². The lowest BCUT2D eigenvalue weighted by Gasteiger charge is -2.08. The summed E-state index contributed by atoms with van der Waals surface area (Å²) in [5.41, 5.74) is 0.379. The van der Waals surface area contributed by atoms with Gasteiger partial charge in [0, 0.05) is 5.56 Å². The molecule has 0 unspecified atom stereocenters. The van der Waals surface area contributed by atoms with Crippen LogP contribution in [0.3, 0.4) is 0 Å². The van der Waals surface area contributed by atoms with E-state index in [2.05, 4.69) is 5.32 Å². The summed E-state index contributed by atoms with van der Waals surface area (Å²) in [4.78, 5) is 23.7. The monoisotopic (exact) mass is 343 g/mol. The second-order valence-corrected chi connectivity index (χ2v) is 5.13. The van der Waals surface area contributed by atoms with Crippen LogP contribution in [0.15, 0.2) is 48.5 Å². The Balaban J connectivity index is 1.36. The highest BCUT2D eigenvalue weighted by atomic mass is 16.7. The van der Waals surface area contributed by atoms with Crippen molar-refractivity contribution >= 4 is 11.9 Å². The van der Waals surface area contributed by atoms with E-state index in [9.17, 15) is 9.59 Å². The van der Waals surface area contributed by atoms with Crippen LogP contribution in [0.1, 0.15) is 10.4 Å². The summed E-state index contributed by atoms with van der Waals surface area (Å²) < 4.78 is 20.8. The highest BCUT2D eigenvalue weighted by Gasteiger charge is 2.16. The summed E-state index contributed by atoms with van der Waals surface area (Å²) in [7, 11) is 0. The molecule has 0 bridgehead atoms. The highest BCUT2D eigenvalue weighted by Crippen LogP contribution is 2.32. The number of carbonyl (C=O) groups is 2. The lowest BCUT2D eigenvalue weighted by atomic mass is 10.2. The van der Waals surface area contributed by atoms with Gasteiger partial charge in [0.2, 0.25) is 6.79 Å². The molecule has 0 atom stereocenters. The summed E-state index contributed by atoms with van der Waals surface area (Å²) in [6.07, 6.45) is 0. The lowest BCUT2D eigenvalue weighted by molar-refractivity contribution is -0.143. The van der Waals surface area contributed by atoms with Crippen molar-refractivity contribution in [2.75, 3.05) is 26.6 Å². The molecule has 0 fully saturated rings. The summed E-state index contributed by atoms with van der Waals surface area (Å²) in [5, 5.41) is 2.50. The van der Waals surface area contributed by atoms with Gasteiger partial charge < -0.3 is 24.3 Å². The lowest BCUT2D eigenvalue weighted by Crippen LogP contribution is -2.31. The van der Waals surface area contributed by atoms with Gasteiger partial charge in [-0.25, -0.2) is 0 Å². The fourth-order valence-corrected chi connectivity index (χ4v) is 2.18. The van der Waals surface area contributed by atoms with Gasteiger partial charge in [-0.05, 0) is 30.3 Å². The second-order valence-electron chi connectivity index (χ2n) is 5.13. The number of ether oxygens (including phenoxy) is 4. The fraction of sp³-hybridized carbons (Fsp3) is 0.222. The predicted molar refractivity (Wildman–Crippen MR) is 87.8 cm³/mol. The minimum absolute atomic E-state index is 0.105.